The van der Waals surface area contributed by atoms with E-state index in [2.05, 4.69) is 48.7 Å². The Morgan fingerprint density at radius 3 is 2.57 bits per heavy atom. The zero-order valence-corrected chi connectivity index (χ0v) is 13.5. The van der Waals surface area contributed by atoms with E-state index in [0.717, 1.165) is 11.4 Å². The van der Waals surface area contributed by atoms with Gasteiger partial charge in [-0.3, -0.25) is 0 Å². The first-order chi connectivity index (χ1) is 10.1. The van der Waals surface area contributed by atoms with Gasteiger partial charge in [0, 0.05) is 21.7 Å². The van der Waals surface area contributed by atoms with Gasteiger partial charge in [0.25, 0.3) is 0 Å². The molecular formula is C18H18ClNS. The second kappa shape index (κ2) is 6.18. The Labute approximate surface area is 134 Å². The number of fused-ring (bicyclic) bond motifs is 1. The van der Waals surface area contributed by atoms with Gasteiger partial charge in [-0.25, -0.2) is 0 Å². The summed E-state index contributed by atoms with van der Waals surface area (Å²) in [7, 11) is 0. The lowest BCUT2D eigenvalue weighted by molar-refractivity contribution is 0.565. The van der Waals surface area contributed by atoms with Gasteiger partial charge in [0.2, 0.25) is 0 Å². The van der Waals surface area contributed by atoms with E-state index in [1.54, 1.807) is 11.3 Å². The number of halogens is 1. The summed E-state index contributed by atoms with van der Waals surface area (Å²) in [6.07, 6.45) is 0.935. The summed E-state index contributed by atoms with van der Waals surface area (Å²) in [5.74, 6) is 0.315. The van der Waals surface area contributed by atoms with E-state index in [0.29, 0.717) is 5.92 Å². The molecule has 0 radical (unpaired) electrons. The number of rotatable bonds is 4. The Morgan fingerprint density at radius 2 is 1.86 bits per heavy atom. The molecule has 2 N–H and O–H groups in total. The molecule has 21 heavy (non-hydrogen) atoms. The number of hydrogen-bond donors (Lipinski definition) is 1. The molecule has 0 aliphatic rings. The number of thiophene rings is 1. The Bertz CT molecular complexity index is 730. The fourth-order valence-electron chi connectivity index (χ4n) is 2.70. The van der Waals surface area contributed by atoms with Crippen LogP contribution >= 0.6 is 22.9 Å². The van der Waals surface area contributed by atoms with Gasteiger partial charge in [0.05, 0.1) is 0 Å². The second-order valence-electron chi connectivity index (χ2n) is 5.51. The van der Waals surface area contributed by atoms with Crippen LogP contribution in [0.1, 0.15) is 24.0 Å². The zero-order valence-electron chi connectivity index (χ0n) is 11.9. The lowest BCUT2D eigenvalue weighted by atomic mass is 9.86. The molecule has 1 heterocycles. The molecule has 1 nitrogen and oxygen atoms in total. The van der Waals surface area contributed by atoms with Crippen molar-refractivity contribution in [3.63, 3.8) is 0 Å². The van der Waals surface area contributed by atoms with E-state index in [-0.39, 0.29) is 6.04 Å². The highest BCUT2D eigenvalue weighted by Gasteiger charge is 2.17. The average Bonchev–Trinajstić information content (AvgIpc) is 2.93. The van der Waals surface area contributed by atoms with Gasteiger partial charge in [-0.05, 0) is 65.6 Å². The Morgan fingerprint density at radius 1 is 1.10 bits per heavy atom. The summed E-state index contributed by atoms with van der Waals surface area (Å²) in [5.41, 5.74) is 8.82. The van der Waals surface area contributed by atoms with Crippen LogP contribution in [0.2, 0.25) is 5.02 Å². The molecule has 3 aromatic rings. The molecule has 2 unspecified atom stereocenters. The summed E-state index contributed by atoms with van der Waals surface area (Å²) >= 11 is 7.73. The predicted molar refractivity (Wildman–Crippen MR) is 93.4 cm³/mol. The fourth-order valence-corrected chi connectivity index (χ4v) is 3.59. The Balaban J connectivity index is 1.91. The molecule has 108 valence electrons. The molecule has 2 aromatic carbocycles. The van der Waals surface area contributed by atoms with Gasteiger partial charge in [-0.1, -0.05) is 29.8 Å². The predicted octanol–water partition coefficient (Wildman–Crippen LogP) is 5.23. The van der Waals surface area contributed by atoms with E-state index in [1.165, 1.54) is 21.2 Å². The van der Waals surface area contributed by atoms with Crippen molar-refractivity contribution in [2.45, 2.75) is 25.3 Å². The van der Waals surface area contributed by atoms with E-state index in [4.69, 9.17) is 17.3 Å². The lowest BCUT2D eigenvalue weighted by Gasteiger charge is -2.21. The van der Waals surface area contributed by atoms with Crippen molar-refractivity contribution < 1.29 is 0 Å². The minimum Gasteiger partial charge on any atom is -0.327 e. The Kier molecular flexibility index (Phi) is 4.29. The first-order valence-electron chi connectivity index (χ1n) is 7.10. The average molecular weight is 316 g/mol. The minimum absolute atomic E-state index is 0.108. The maximum atomic E-state index is 6.24. The summed E-state index contributed by atoms with van der Waals surface area (Å²) in [4.78, 5) is 0. The van der Waals surface area contributed by atoms with Crippen molar-refractivity contribution in [1.82, 2.24) is 0 Å². The maximum absolute atomic E-state index is 6.24. The lowest BCUT2D eigenvalue weighted by Crippen LogP contribution is -2.26. The molecule has 0 amide bonds. The molecule has 0 spiro atoms. The number of hydrogen-bond acceptors (Lipinski definition) is 2. The van der Waals surface area contributed by atoms with E-state index < -0.39 is 0 Å². The van der Waals surface area contributed by atoms with Crippen molar-refractivity contribution in [2.75, 3.05) is 0 Å². The molecule has 0 aliphatic carbocycles. The quantitative estimate of drug-likeness (QED) is 0.701. The fraction of sp³-hybridized carbons (Fsp3) is 0.222. The first kappa shape index (κ1) is 14.6. The highest BCUT2D eigenvalue weighted by atomic mass is 35.5. The van der Waals surface area contributed by atoms with Gasteiger partial charge < -0.3 is 5.73 Å². The topological polar surface area (TPSA) is 26.0 Å². The molecule has 0 saturated carbocycles. The normalized spacial score (nSPS) is 14.2. The minimum atomic E-state index is 0.108. The van der Waals surface area contributed by atoms with Crippen molar-refractivity contribution in [1.29, 1.82) is 0 Å². The van der Waals surface area contributed by atoms with Crippen molar-refractivity contribution in [3.05, 3.63) is 70.1 Å². The van der Waals surface area contributed by atoms with Gasteiger partial charge in [-0.2, -0.15) is 0 Å². The monoisotopic (exact) mass is 315 g/mol. The molecule has 3 rings (SSSR count). The number of benzene rings is 2. The molecule has 1 aromatic heterocycles. The van der Waals surface area contributed by atoms with Crippen LogP contribution in [0.25, 0.3) is 10.1 Å². The van der Waals surface area contributed by atoms with Gasteiger partial charge in [-0.15, -0.1) is 11.3 Å². The molecule has 0 saturated heterocycles. The van der Waals surface area contributed by atoms with Crippen LogP contribution in [-0.4, -0.2) is 6.04 Å². The van der Waals surface area contributed by atoms with Crippen LogP contribution in [0.3, 0.4) is 0 Å². The van der Waals surface area contributed by atoms with Crippen LogP contribution in [0, 0.1) is 0 Å². The molecule has 0 aliphatic heterocycles. The maximum Gasteiger partial charge on any atom is 0.0406 e. The van der Waals surface area contributed by atoms with Crippen molar-refractivity contribution in [3.8, 4) is 0 Å². The van der Waals surface area contributed by atoms with Crippen LogP contribution in [0.5, 0.6) is 0 Å². The van der Waals surface area contributed by atoms with Crippen molar-refractivity contribution >= 4 is 33.0 Å². The Hall–Kier alpha value is -1.35. The van der Waals surface area contributed by atoms with Gasteiger partial charge in [0.1, 0.15) is 0 Å². The largest absolute Gasteiger partial charge is 0.327 e. The molecule has 0 bridgehead atoms. The molecular weight excluding hydrogens is 298 g/mol. The standard InChI is InChI=1S/C18H18ClNS/c1-12(20)17(10-13-2-5-16(19)6-3-13)14-4-7-18-15(11-14)8-9-21-18/h2-9,11-12,17H,10,20H2,1H3. The highest BCUT2D eigenvalue weighted by molar-refractivity contribution is 7.17. The van der Waals surface area contributed by atoms with Gasteiger partial charge >= 0.3 is 0 Å². The van der Waals surface area contributed by atoms with E-state index >= 15 is 0 Å². The van der Waals surface area contributed by atoms with E-state index in [9.17, 15) is 0 Å². The molecule has 2 atom stereocenters. The summed E-state index contributed by atoms with van der Waals surface area (Å²) in [6, 6.07) is 17.0. The highest BCUT2D eigenvalue weighted by Crippen LogP contribution is 2.29. The SMILES string of the molecule is CC(N)C(Cc1ccc(Cl)cc1)c1ccc2sccc2c1. The number of nitrogens with two attached hydrogens (primary N) is 1. The third-order valence-corrected chi connectivity index (χ3v) is 5.06. The summed E-state index contributed by atoms with van der Waals surface area (Å²) in [5, 5.41) is 4.21. The van der Waals surface area contributed by atoms with Crippen LogP contribution in [-0.2, 0) is 6.42 Å². The summed E-state index contributed by atoms with van der Waals surface area (Å²) < 4.78 is 1.33. The first-order valence-corrected chi connectivity index (χ1v) is 8.36. The van der Waals surface area contributed by atoms with E-state index in [1.807, 2.05) is 12.1 Å². The third-order valence-electron chi connectivity index (χ3n) is 3.91. The van der Waals surface area contributed by atoms with Crippen LogP contribution < -0.4 is 5.73 Å². The third kappa shape index (κ3) is 3.29. The zero-order chi connectivity index (χ0) is 14.8. The smallest absolute Gasteiger partial charge is 0.0406 e. The van der Waals surface area contributed by atoms with Crippen LogP contribution in [0.15, 0.2) is 53.9 Å². The van der Waals surface area contributed by atoms with Crippen molar-refractivity contribution in [2.24, 2.45) is 5.73 Å². The van der Waals surface area contributed by atoms with Crippen LogP contribution in [0.4, 0.5) is 0 Å². The summed E-state index contributed by atoms with van der Waals surface area (Å²) in [6.45, 7) is 2.08. The molecule has 0 fully saturated rings. The van der Waals surface area contributed by atoms with Gasteiger partial charge in [0.15, 0.2) is 0 Å². The second-order valence-corrected chi connectivity index (χ2v) is 6.90. The molecule has 3 heteroatoms.